The van der Waals surface area contributed by atoms with Crippen molar-refractivity contribution in [3.63, 3.8) is 0 Å². The largest absolute Gasteiger partial charge is 0.463 e. The molecule has 2 aromatic rings. The Labute approximate surface area is 578 Å². The van der Waals surface area contributed by atoms with E-state index in [1.807, 2.05) is 47.6 Å². The van der Waals surface area contributed by atoms with Gasteiger partial charge in [-0.1, -0.05) is 312 Å². The van der Waals surface area contributed by atoms with Gasteiger partial charge in [0.05, 0.1) is 24.4 Å². The quantitative estimate of drug-likeness (QED) is 0.0958. The van der Waals surface area contributed by atoms with E-state index >= 15 is 0 Å². The van der Waals surface area contributed by atoms with Gasteiger partial charge in [-0.2, -0.15) is 0 Å². The number of sulfonamides is 1. The van der Waals surface area contributed by atoms with Gasteiger partial charge in [-0.3, -0.25) is 4.79 Å². The summed E-state index contributed by atoms with van der Waals surface area (Å²) in [6.45, 7) is 67.9. The predicted octanol–water partition coefficient (Wildman–Crippen LogP) is 24.8. The summed E-state index contributed by atoms with van der Waals surface area (Å²) in [4.78, 5) is 22.2. The fourth-order valence-corrected chi connectivity index (χ4v) is 8.99. The minimum absolute atomic E-state index is 0.0163. The average molecular weight is 1320 g/mol. The van der Waals surface area contributed by atoms with Crippen LogP contribution in [0.2, 0.25) is 0 Å². The van der Waals surface area contributed by atoms with Crippen LogP contribution in [0.1, 0.15) is 353 Å². The van der Waals surface area contributed by atoms with Crippen LogP contribution in [0.15, 0.2) is 55.6 Å². The zero-order valence-electron chi connectivity index (χ0n) is 67.9. The van der Waals surface area contributed by atoms with E-state index < -0.39 is 10.0 Å². The molecule has 1 N–H and O–H groups in total. The van der Waals surface area contributed by atoms with Crippen LogP contribution in [0, 0.1) is 65.1 Å². The number of hydrogen-bond donors (Lipinski definition) is 1. The first-order valence-corrected chi connectivity index (χ1v) is 38.7. The van der Waals surface area contributed by atoms with Crippen LogP contribution in [-0.2, 0) is 24.3 Å². The Morgan fingerprint density at radius 3 is 1.05 bits per heavy atom. The molecule has 0 spiro atoms. The summed E-state index contributed by atoms with van der Waals surface area (Å²) in [6.07, 6.45) is 30.5. The topological polar surface area (TPSA) is 132 Å². The number of esters is 1. The minimum atomic E-state index is -2.96. The number of rotatable bonds is 21. The van der Waals surface area contributed by atoms with E-state index in [9.17, 15) is 13.2 Å². The zero-order valence-corrected chi connectivity index (χ0v) is 68.7. The number of carbonyl (C=O) groups is 1. The van der Waals surface area contributed by atoms with Crippen molar-refractivity contribution in [2.45, 2.75) is 360 Å². The molecule has 0 atom stereocenters. The lowest BCUT2D eigenvalue weighted by Gasteiger charge is -2.24. The highest BCUT2D eigenvalue weighted by Gasteiger charge is 2.17. The van der Waals surface area contributed by atoms with Crippen molar-refractivity contribution in [2.24, 2.45) is 65.1 Å². The Bertz CT molecular complexity index is 1720. The Kier molecular flexibility index (Phi) is 83.0. The number of aliphatic hydroxyl groups is 1. The molecule has 552 valence electrons. The molecule has 0 unspecified atom stereocenters. The fourth-order valence-electron chi connectivity index (χ4n) is 7.85. The van der Waals surface area contributed by atoms with Gasteiger partial charge in [-0.15, -0.1) is 6.58 Å². The van der Waals surface area contributed by atoms with E-state index in [0.717, 1.165) is 71.4 Å². The van der Waals surface area contributed by atoms with E-state index in [0.29, 0.717) is 30.3 Å². The standard InChI is InChI=1S/2C9H18.C9H12.2C9H20.C7H17NO2S.C7H12O2.C6H9N3.C5H12.C4H10O.C4H10.C3H8O/c3*1-8(2)9-6-4-3-5-7-9;2*1-8(2)6-5-7-9(3)4;1-7(2)5-6-11(9,10)8(3)4;1-4-5-7(8)9-6(2)3;1-5(2)6-8-3-7-4-9-6;1-4-5(2)3;1-4(2)5-3;1-4(2)3;1-3(2)4/h2*8-9H,3-7H2,1-2H3;3-8H,1-2H3;2*8-9H,5-7H2,1-4H3;7H,5-6H2,1-4H3;4,6H,1,5H2,2-3H3;3-5H,1-2H3;5H,4H2,1-3H3;4H,1-3H3;4H,1-3H3;3-4H,1-2H3. The van der Waals surface area contributed by atoms with Crippen molar-refractivity contribution < 1.29 is 27.8 Å². The second kappa shape index (κ2) is 72.5. The highest BCUT2D eigenvalue weighted by molar-refractivity contribution is 7.89. The summed E-state index contributed by atoms with van der Waals surface area (Å²) in [5.74, 6) is 11.7. The summed E-state index contributed by atoms with van der Waals surface area (Å²) >= 11 is 0. The van der Waals surface area contributed by atoms with Crippen LogP contribution in [0.3, 0.4) is 0 Å². The van der Waals surface area contributed by atoms with Crippen LogP contribution < -0.4 is 0 Å². The lowest BCUT2D eigenvalue weighted by molar-refractivity contribution is -0.146. The van der Waals surface area contributed by atoms with Crippen LogP contribution in [-0.4, -0.2) is 84.0 Å². The Morgan fingerprint density at radius 1 is 0.554 bits per heavy atom. The molecule has 10 nitrogen and oxygen atoms in total. The Hall–Kier alpha value is -2.73. The van der Waals surface area contributed by atoms with Gasteiger partial charge >= 0.3 is 5.97 Å². The molecular weight excluding hydrogens is 1160 g/mol. The lowest BCUT2D eigenvalue weighted by Crippen LogP contribution is -2.25. The molecular formula is C81H166N4O6S. The van der Waals surface area contributed by atoms with E-state index in [1.54, 1.807) is 35.1 Å². The number of methoxy groups -OCH3 is 1. The third-order valence-corrected chi connectivity index (χ3v) is 16.1. The fraction of sp³-hybridized carbons (Fsp3) is 0.852. The first-order chi connectivity index (χ1) is 42.5. The predicted molar refractivity (Wildman–Crippen MR) is 412 cm³/mol. The molecule has 2 saturated carbocycles. The third kappa shape index (κ3) is 101. The number of carbonyl (C=O) groups excluding carboxylic acids is 1. The molecule has 0 saturated heterocycles. The number of nitrogens with zero attached hydrogens (tertiary/aromatic N) is 4. The van der Waals surface area contributed by atoms with Crippen LogP contribution in [0.4, 0.5) is 0 Å². The normalized spacial score (nSPS) is 13.0. The minimum Gasteiger partial charge on any atom is -0.463 e. The maximum atomic E-state index is 11.2. The molecule has 0 bridgehead atoms. The molecule has 4 rings (SSSR count). The molecule has 2 aliphatic carbocycles. The maximum Gasteiger partial charge on any atom is 0.309 e. The van der Waals surface area contributed by atoms with Gasteiger partial charge in [0.2, 0.25) is 10.0 Å². The van der Waals surface area contributed by atoms with Gasteiger partial charge in [0.1, 0.15) is 18.5 Å². The smallest absolute Gasteiger partial charge is 0.309 e. The molecule has 1 heterocycles. The van der Waals surface area contributed by atoms with E-state index in [-0.39, 0.29) is 23.9 Å². The van der Waals surface area contributed by atoms with Crippen molar-refractivity contribution in [1.29, 1.82) is 0 Å². The number of aliphatic hydroxyl groups excluding tert-OH is 1. The summed E-state index contributed by atoms with van der Waals surface area (Å²) in [6, 6.07) is 10.5. The van der Waals surface area contributed by atoms with Crippen molar-refractivity contribution >= 4 is 16.0 Å². The zero-order chi connectivity index (χ0) is 73.4. The van der Waals surface area contributed by atoms with Gasteiger partial charge < -0.3 is 14.6 Å². The third-order valence-electron chi connectivity index (χ3n) is 14.3. The molecule has 92 heavy (non-hydrogen) atoms. The molecule has 1 aromatic heterocycles. The summed E-state index contributed by atoms with van der Waals surface area (Å²) < 4.78 is 33.1. The van der Waals surface area contributed by atoms with Gasteiger partial charge in [0.15, 0.2) is 0 Å². The Balaban J connectivity index is -0.000000141. The molecule has 11 heteroatoms. The monoisotopic (exact) mass is 1320 g/mol. The lowest BCUT2D eigenvalue weighted by atomic mass is 9.82. The van der Waals surface area contributed by atoms with Gasteiger partial charge in [0.25, 0.3) is 0 Å². The molecule has 0 radical (unpaired) electrons. The maximum absolute atomic E-state index is 11.2. The number of hydrogen-bond acceptors (Lipinski definition) is 9. The summed E-state index contributed by atoms with van der Waals surface area (Å²) in [5, 5.41) is 8.06. The van der Waals surface area contributed by atoms with Crippen LogP contribution in [0.5, 0.6) is 0 Å². The number of aromatic nitrogens is 3. The molecule has 2 aliphatic rings. The summed E-state index contributed by atoms with van der Waals surface area (Å²) in [7, 11) is 1.87. The van der Waals surface area contributed by atoms with Gasteiger partial charge in [-0.25, -0.2) is 27.7 Å². The van der Waals surface area contributed by atoms with E-state index in [2.05, 4.69) is 198 Å². The van der Waals surface area contributed by atoms with Crippen molar-refractivity contribution in [1.82, 2.24) is 19.3 Å². The second-order valence-electron chi connectivity index (χ2n) is 30.7. The molecule has 0 aliphatic heterocycles. The Morgan fingerprint density at radius 2 is 0.870 bits per heavy atom. The number of ether oxygens (including phenoxy) is 2. The second-order valence-corrected chi connectivity index (χ2v) is 33.0. The van der Waals surface area contributed by atoms with Crippen molar-refractivity contribution in [3.05, 3.63) is 67.0 Å². The summed E-state index contributed by atoms with van der Waals surface area (Å²) in [5.41, 5.74) is 1.41. The average Bonchev–Trinajstić information content (AvgIpc) is 3.28. The molecule has 2 fully saturated rings. The number of benzene rings is 1. The van der Waals surface area contributed by atoms with Gasteiger partial charge in [0, 0.05) is 33.2 Å². The highest BCUT2D eigenvalue weighted by atomic mass is 32.2. The SMILES string of the molecule is C=CCC(=O)OC(C)C.CC(C)C.CC(C)C1CCCCC1.CC(C)C1CCCCC1.CC(C)CCCC(C)C.CC(C)CCCC(C)C.CC(C)CCS(=O)(=O)N(C)C.CC(C)O.CC(C)c1ccccc1.CC(C)c1ncncn1.CCC(C)C.COC(C)C. The van der Waals surface area contributed by atoms with E-state index in [1.165, 1.54) is 138 Å². The van der Waals surface area contributed by atoms with Gasteiger partial charge in [-0.05, 0) is 125 Å². The van der Waals surface area contributed by atoms with Crippen molar-refractivity contribution in [2.75, 3.05) is 27.0 Å². The first kappa shape index (κ1) is 105. The van der Waals surface area contributed by atoms with Crippen molar-refractivity contribution in [3.8, 4) is 0 Å². The van der Waals surface area contributed by atoms with Crippen LogP contribution in [0.25, 0.3) is 0 Å². The highest BCUT2D eigenvalue weighted by Crippen LogP contribution is 2.30. The van der Waals surface area contributed by atoms with E-state index in [4.69, 9.17) is 14.6 Å². The van der Waals surface area contributed by atoms with Crippen LogP contribution >= 0.6 is 0 Å². The molecule has 1 aromatic carbocycles. The molecule has 0 amide bonds. The first-order valence-electron chi connectivity index (χ1n) is 37.1.